The van der Waals surface area contributed by atoms with Crippen LogP contribution in [0.15, 0.2) is 39.5 Å². The zero-order valence-electron chi connectivity index (χ0n) is 10.5. The lowest BCUT2D eigenvalue weighted by molar-refractivity contribution is 1.08. The Bertz CT molecular complexity index is 814. The van der Waals surface area contributed by atoms with E-state index in [2.05, 4.69) is 9.97 Å². The SMILES string of the molecule is CCSc1nc2c(=O)n(Cl)c(-c3ccccc3)nc2s1. The number of aromatic nitrogens is 3. The molecule has 102 valence electrons. The van der Waals surface area contributed by atoms with E-state index >= 15 is 0 Å². The van der Waals surface area contributed by atoms with Crippen molar-refractivity contribution in [3.63, 3.8) is 0 Å². The van der Waals surface area contributed by atoms with Crippen molar-refractivity contribution in [3.05, 3.63) is 40.7 Å². The minimum absolute atomic E-state index is 0.324. The predicted octanol–water partition coefficient (Wildman–Crippen LogP) is 3.63. The van der Waals surface area contributed by atoms with E-state index in [9.17, 15) is 4.79 Å². The quantitative estimate of drug-likeness (QED) is 0.690. The van der Waals surface area contributed by atoms with Gasteiger partial charge >= 0.3 is 0 Å². The molecule has 0 radical (unpaired) electrons. The zero-order valence-corrected chi connectivity index (χ0v) is 12.9. The summed E-state index contributed by atoms with van der Waals surface area (Å²) in [7, 11) is 0. The maximum Gasteiger partial charge on any atom is 0.296 e. The summed E-state index contributed by atoms with van der Waals surface area (Å²) in [6, 6.07) is 9.41. The van der Waals surface area contributed by atoms with Crippen molar-refractivity contribution in [2.24, 2.45) is 0 Å². The largest absolute Gasteiger partial charge is 0.296 e. The molecule has 2 heterocycles. The Kier molecular flexibility index (Phi) is 3.78. The first-order valence-electron chi connectivity index (χ1n) is 5.98. The molecule has 3 aromatic rings. The molecule has 0 amide bonds. The van der Waals surface area contributed by atoms with Gasteiger partial charge in [0.15, 0.2) is 20.5 Å². The minimum atomic E-state index is -0.324. The Hall–Kier alpha value is -1.37. The summed E-state index contributed by atoms with van der Waals surface area (Å²) in [5, 5.41) is 0. The summed E-state index contributed by atoms with van der Waals surface area (Å²) < 4.78 is 1.88. The van der Waals surface area contributed by atoms with E-state index in [1.54, 1.807) is 11.8 Å². The molecule has 0 aliphatic carbocycles. The molecule has 0 N–H and O–H groups in total. The number of thiazole rings is 1. The van der Waals surface area contributed by atoms with Crippen LogP contribution in [0.25, 0.3) is 21.7 Å². The zero-order chi connectivity index (χ0) is 14.1. The van der Waals surface area contributed by atoms with Gasteiger partial charge in [-0.2, -0.15) is 4.09 Å². The summed E-state index contributed by atoms with van der Waals surface area (Å²) in [5.74, 6) is 1.35. The number of halogens is 1. The molecule has 0 atom stereocenters. The molecule has 3 rings (SSSR count). The fourth-order valence-electron chi connectivity index (χ4n) is 1.79. The number of nitrogens with zero attached hydrogens (tertiary/aromatic N) is 3. The molecule has 0 unspecified atom stereocenters. The molecule has 0 aliphatic heterocycles. The van der Waals surface area contributed by atoms with Gasteiger partial charge in [-0.05, 0) is 5.75 Å². The molecule has 1 aromatic carbocycles. The number of fused-ring (bicyclic) bond motifs is 1. The monoisotopic (exact) mass is 323 g/mol. The maximum absolute atomic E-state index is 12.3. The van der Waals surface area contributed by atoms with Crippen LogP contribution in [0.4, 0.5) is 0 Å². The molecule has 0 bridgehead atoms. The first-order chi connectivity index (χ1) is 9.70. The van der Waals surface area contributed by atoms with E-state index in [1.165, 1.54) is 11.3 Å². The van der Waals surface area contributed by atoms with E-state index in [-0.39, 0.29) is 5.56 Å². The molecule has 0 fully saturated rings. The summed E-state index contributed by atoms with van der Waals surface area (Å²) in [6.45, 7) is 2.04. The molecule has 20 heavy (non-hydrogen) atoms. The van der Waals surface area contributed by atoms with E-state index in [0.717, 1.165) is 19.7 Å². The molecule has 2 aromatic heterocycles. The third kappa shape index (κ3) is 2.34. The number of hydrogen-bond acceptors (Lipinski definition) is 5. The molecule has 7 heteroatoms. The second-order valence-electron chi connectivity index (χ2n) is 3.95. The Labute approximate surface area is 128 Å². The lowest BCUT2D eigenvalue weighted by Crippen LogP contribution is -2.16. The van der Waals surface area contributed by atoms with Gasteiger partial charge < -0.3 is 0 Å². The van der Waals surface area contributed by atoms with Gasteiger partial charge in [0.05, 0.1) is 0 Å². The van der Waals surface area contributed by atoms with Gasteiger partial charge in [0.2, 0.25) is 0 Å². The first-order valence-corrected chi connectivity index (χ1v) is 8.12. The van der Waals surface area contributed by atoms with Crippen LogP contribution in [0.2, 0.25) is 0 Å². The lowest BCUT2D eigenvalue weighted by Gasteiger charge is -2.04. The average molecular weight is 324 g/mol. The summed E-state index contributed by atoms with van der Waals surface area (Å²) in [6.07, 6.45) is 0. The van der Waals surface area contributed by atoms with Crippen LogP contribution in [0.1, 0.15) is 6.92 Å². The fourth-order valence-corrected chi connectivity index (χ4v) is 3.90. The molecule has 0 aliphatic rings. The van der Waals surface area contributed by atoms with E-state index < -0.39 is 0 Å². The van der Waals surface area contributed by atoms with Crippen molar-refractivity contribution in [1.29, 1.82) is 0 Å². The normalized spacial score (nSPS) is 11.1. The second-order valence-corrected chi connectivity index (χ2v) is 6.78. The number of hydrogen-bond donors (Lipinski definition) is 0. The third-order valence-corrected chi connectivity index (χ3v) is 4.95. The first kappa shape index (κ1) is 13.6. The van der Waals surface area contributed by atoms with E-state index in [0.29, 0.717) is 16.2 Å². The molecular formula is C13H10ClN3OS2. The molecule has 0 saturated heterocycles. The van der Waals surface area contributed by atoms with Gasteiger partial charge in [0.25, 0.3) is 5.56 Å². The van der Waals surface area contributed by atoms with E-state index in [4.69, 9.17) is 11.8 Å². The summed E-state index contributed by atoms with van der Waals surface area (Å²) in [5.41, 5.74) is 0.815. The minimum Gasteiger partial charge on any atom is -0.265 e. The Morgan fingerprint density at radius 3 is 2.75 bits per heavy atom. The Balaban J connectivity index is 2.25. The number of rotatable bonds is 3. The molecular weight excluding hydrogens is 314 g/mol. The Morgan fingerprint density at radius 2 is 2.05 bits per heavy atom. The van der Waals surface area contributed by atoms with Crippen LogP contribution in [0, 0.1) is 0 Å². The van der Waals surface area contributed by atoms with Crippen LogP contribution in [-0.2, 0) is 0 Å². The van der Waals surface area contributed by atoms with Crippen LogP contribution >= 0.6 is 34.9 Å². The standard InChI is InChI=1S/C13H10ClN3OS2/c1-2-19-13-15-9-11(20-13)16-10(17(14)12(9)18)8-6-4-3-5-7-8/h3-7H,2H2,1H3. The number of thioether (sulfide) groups is 1. The number of benzene rings is 1. The highest BCUT2D eigenvalue weighted by atomic mass is 35.5. The fraction of sp³-hybridized carbons (Fsp3) is 0.154. The molecule has 4 nitrogen and oxygen atoms in total. The van der Waals surface area contributed by atoms with Crippen LogP contribution < -0.4 is 5.56 Å². The van der Waals surface area contributed by atoms with Crippen molar-refractivity contribution in [2.75, 3.05) is 5.75 Å². The molecule has 0 saturated carbocycles. The van der Waals surface area contributed by atoms with Gasteiger partial charge in [0, 0.05) is 17.3 Å². The van der Waals surface area contributed by atoms with Crippen LogP contribution in [0.3, 0.4) is 0 Å². The lowest BCUT2D eigenvalue weighted by atomic mass is 10.2. The van der Waals surface area contributed by atoms with Gasteiger partial charge in [-0.3, -0.25) is 4.79 Å². The predicted molar refractivity (Wildman–Crippen MR) is 84.8 cm³/mol. The smallest absolute Gasteiger partial charge is 0.265 e. The third-order valence-electron chi connectivity index (χ3n) is 2.66. The Morgan fingerprint density at radius 1 is 1.30 bits per heavy atom. The van der Waals surface area contributed by atoms with Crippen LogP contribution in [0.5, 0.6) is 0 Å². The van der Waals surface area contributed by atoms with Gasteiger partial charge in [0.1, 0.15) is 0 Å². The highest BCUT2D eigenvalue weighted by molar-refractivity contribution is 8.01. The topological polar surface area (TPSA) is 47.8 Å². The van der Waals surface area contributed by atoms with Gasteiger partial charge in [-0.15, -0.1) is 0 Å². The average Bonchev–Trinajstić information content (AvgIpc) is 2.87. The molecule has 0 spiro atoms. The highest BCUT2D eigenvalue weighted by Crippen LogP contribution is 2.28. The highest BCUT2D eigenvalue weighted by Gasteiger charge is 2.15. The maximum atomic E-state index is 12.3. The van der Waals surface area contributed by atoms with Crippen molar-refractivity contribution >= 4 is 45.2 Å². The van der Waals surface area contributed by atoms with Crippen molar-refractivity contribution in [1.82, 2.24) is 14.1 Å². The van der Waals surface area contributed by atoms with Crippen LogP contribution in [-0.4, -0.2) is 19.8 Å². The van der Waals surface area contributed by atoms with E-state index in [1.807, 2.05) is 37.3 Å². The van der Waals surface area contributed by atoms with Crippen molar-refractivity contribution < 1.29 is 0 Å². The van der Waals surface area contributed by atoms with Gasteiger partial charge in [-0.1, -0.05) is 60.4 Å². The summed E-state index contributed by atoms with van der Waals surface area (Å²) >= 11 is 9.11. The van der Waals surface area contributed by atoms with Crippen molar-refractivity contribution in [3.8, 4) is 11.4 Å². The summed E-state index contributed by atoms with van der Waals surface area (Å²) in [4.78, 5) is 21.7. The second kappa shape index (κ2) is 5.55. The van der Waals surface area contributed by atoms with Crippen molar-refractivity contribution in [2.45, 2.75) is 11.3 Å². The van der Waals surface area contributed by atoms with Gasteiger partial charge in [-0.25, -0.2) is 9.97 Å².